The number of piperidine rings is 1. The van der Waals surface area contributed by atoms with Crippen LogP contribution in [0.1, 0.15) is 45.0 Å². The number of fused-ring (bicyclic) bond motifs is 1. The fraction of sp³-hybridized carbons (Fsp3) is 0.385. The predicted molar refractivity (Wildman–Crippen MR) is 144 cm³/mol. The first-order chi connectivity index (χ1) is 17.8. The highest BCUT2D eigenvalue weighted by atomic mass is 35.5. The first-order valence-electron chi connectivity index (χ1n) is 12.3. The number of hydrogen-bond acceptors (Lipinski definition) is 9. The molecule has 0 spiro atoms. The van der Waals surface area contributed by atoms with E-state index in [0.717, 1.165) is 55.3 Å². The molecule has 0 aromatic carbocycles. The fourth-order valence-electron chi connectivity index (χ4n) is 4.36. The second-order valence-electron chi connectivity index (χ2n) is 10.4. The van der Waals surface area contributed by atoms with Crippen LogP contribution in [0.4, 0.5) is 23.3 Å². The molecule has 1 aliphatic rings. The Balaban J connectivity index is 1.23. The molecule has 0 amide bonds. The van der Waals surface area contributed by atoms with Gasteiger partial charge in [0.1, 0.15) is 22.7 Å². The second kappa shape index (κ2) is 10.2. The van der Waals surface area contributed by atoms with Gasteiger partial charge in [-0.15, -0.1) is 10.2 Å². The van der Waals surface area contributed by atoms with Crippen LogP contribution in [0.25, 0.3) is 5.65 Å². The van der Waals surface area contributed by atoms with Gasteiger partial charge in [-0.05, 0) is 36.5 Å². The molecule has 37 heavy (non-hydrogen) atoms. The minimum atomic E-state index is 0.123. The van der Waals surface area contributed by atoms with Gasteiger partial charge in [-0.1, -0.05) is 32.4 Å². The molecular weight excluding hydrogens is 488 g/mol. The number of nitrogens with zero attached hydrogens (tertiary/aromatic N) is 8. The number of aromatic nitrogens is 6. The molecule has 4 aromatic heterocycles. The normalized spacial score (nSPS) is 14.5. The predicted octanol–water partition coefficient (Wildman–Crippen LogP) is 4.85. The maximum absolute atomic E-state index is 8.97. The monoisotopic (exact) mass is 516 g/mol. The molecule has 0 saturated carbocycles. The van der Waals surface area contributed by atoms with Crippen LogP contribution in [0.5, 0.6) is 0 Å². The third kappa shape index (κ3) is 5.89. The standard InChI is InChI=1S/C26H29ClN10/c1-26(2,3)13-23-35-34-22-12-19(8-11-37(22)23)32-25-30-16-20(27)24(33-25)31-18-6-9-36(10-7-18)21-5-4-17(14-28)15-29-21/h4-5,8,11-12,15-16,18H,6-7,9-10,13H2,1-3H3,(H2,30,31,32,33). The van der Waals surface area contributed by atoms with Crippen molar-refractivity contribution in [2.75, 3.05) is 28.6 Å². The van der Waals surface area contributed by atoms with Crippen LogP contribution < -0.4 is 15.5 Å². The van der Waals surface area contributed by atoms with Crippen LogP contribution in [0.3, 0.4) is 0 Å². The van der Waals surface area contributed by atoms with Gasteiger partial charge in [-0.2, -0.15) is 10.2 Å². The Morgan fingerprint density at radius 1 is 1.11 bits per heavy atom. The van der Waals surface area contributed by atoms with Gasteiger partial charge in [0.25, 0.3) is 0 Å². The fourth-order valence-corrected chi connectivity index (χ4v) is 4.50. The van der Waals surface area contributed by atoms with Gasteiger partial charge in [-0.25, -0.2) is 9.97 Å². The van der Waals surface area contributed by atoms with Crippen LogP contribution in [0.15, 0.2) is 42.9 Å². The summed E-state index contributed by atoms with van der Waals surface area (Å²) in [4.78, 5) is 15.6. The highest BCUT2D eigenvalue weighted by Crippen LogP contribution is 2.26. The zero-order valence-corrected chi connectivity index (χ0v) is 21.9. The van der Waals surface area contributed by atoms with Crippen molar-refractivity contribution in [1.82, 2.24) is 29.5 Å². The highest BCUT2D eigenvalue weighted by molar-refractivity contribution is 6.32. The number of nitriles is 1. The molecule has 1 fully saturated rings. The van der Waals surface area contributed by atoms with Crippen molar-refractivity contribution in [2.45, 2.75) is 46.1 Å². The van der Waals surface area contributed by atoms with Crippen LogP contribution in [0.2, 0.25) is 5.02 Å². The minimum Gasteiger partial charge on any atom is -0.366 e. The van der Waals surface area contributed by atoms with Crippen molar-refractivity contribution in [3.63, 3.8) is 0 Å². The van der Waals surface area contributed by atoms with Crippen LogP contribution in [0, 0.1) is 16.7 Å². The lowest BCUT2D eigenvalue weighted by Crippen LogP contribution is -2.39. The van der Waals surface area contributed by atoms with Gasteiger partial charge >= 0.3 is 0 Å². The molecule has 0 radical (unpaired) electrons. The topological polar surface area (TPSA) is 120 Å². The molecule has 5 rings (SSSR count). The molecule has 4 aromatic rings. The number of rotatable bonds is 6. The Bertz CT molecular complexity index is 1430. The molecule has 0 aliphatic carbocycles. The van der Waals surface area contributed by atoms with E-state index >= 15 is 0 Å². The molecule has 0 atom stereocenters. The average Bonchev–Trinajstić information content (AvgIpc) is 3.27. The summed E-state index contributed by atoms with van der Waals surface area (Å²) in [6, 6.07) is 9.91. The average molecular weight is 517 g/mol. The smallest absolute Gasteiger partial charge is 0.229 e. The highest BCUT2D eigenvalue weighted by Gasteiger charge is 2.22. The quantitative estimate of drug-likeness (QED) is 0.370. The summed E-state index contributed by atoms with van der Waals surface area (Å²) < 4.78 is 2.01. The molecule has 11 heteroatoms. The number of anilines is 4. The summed E-state index contributed by atoms with van der Waals surface area (Å²) >= 11 is 6.42. The maximum Gasteiger partial charge on any atom is 0.229 e. The SMILES string of the molecule is CC(C)(C)Cc1nnc2cc(Nc3ncc(Cl)c(NC4CCN(c5ccc(C#N)cn5)CC4)n3)ccn12. The van der Waals surface area contributed by atoms with E-state index in [0.29, 0.717) is 22.4 Å². The summed E-state index contributed by atoms with van der Waals surface area (Å²) in [5.41, 5.74) is 2.27. The third-order valence-electron chi connectivity index (χ3n) is 6.21. The van der Waals surface area contributed by atoms with Crippen LogP contribution in [-0.4, -0.2) is 48.7 Å². The molecule has 5 heterocycles. The van der Waals surface area contributed by atoms with E-state index in [4.69, 9.17) is 16.9 Å². The van der Waals surface area contributed by atoms with Gasteiger partial charge in [-0.3, -0.25) is 4.40 Å². The summed E-state index contributed by atoms with van der Waals surface area (Å²) in [6.07, 6.45) is 7.83. The van der Waals surface area contributed by atoms with Crippen LogP contribution in [-0.2, 0) is 6.42 Å². The van der Waals surface area contributed by atoms with E-state index in [1.165, 1.54) is 0 Å². The zero-order chi connectivity index (χ0) is 26.0. The third-order valence-corrected chi connectivity index (χ3v) is 6.48. The zero-order valence-electron chi connectivity index (χ0n) is 21.1. The molecular formula is C26H29ClN10. The molecule has 190 valence electrons. The molecule has 2 N–H and O–H groups in total. The first kappa shape index (κ1) is 24.7. The van der Waals surface area contributed by atoms with E-state index in [9.17, 15) is 0 Å². The van der Waals surface area contributed by atoms with Gasteiger partial charge in [0.2, 0.25) is 5.95 Å². The lowest BCUT2D eigenvalue weighted by atomic mass is 9.92. The Kier molecular flexibility index (Phi) is 6.80. The van der Waals surface area contributed by atoms with E-state index in [-0.39, 0.29) is 11.5 Å². The number of halogens is 1. The van der Waals surface area contributed by atoms with Gasteiger partial charge in [0.05, 0.1) is 11.8 Å². The number of nitrogens with one attached hydrogen (secondary N) is 2. The Morgan fingerprint density at radius 2 is 1.92 bits per heavy atom. The maximum atomic E-state index is 8.97. The molecule has 0 bridgehead atoms. The Hall–Kier alpha value is -3.97. The van der Waals surface area contributed by atoms with Crippen molar-refractivity contribution < 1.29 is 0 Å². The summed E-state index contributed by atoms with van der Waals surface area (Å²) in [6.45, 7) is 8.25. The molecule has 1 saturated heterocycles. The van der Waals surface area contributed by atoms with Gasteiger partial charge in [0, 0.05) is 49.7 Å². The number of hydrogen-bond donors (Lipinski definition) is 2. The molecule has 10 nitrogen and oxygen atoms in total. The largest absolute Gasteiger partial charge is 0.366 e. The van der Waals surface area contributed by atoms with E-state index < -0.39 is 0 Å². The van der Waals surface area contributed by atoms with Crippen molar-refractivity contribution in [3.05, 3.63) is 59.3 Å². The first-order valence-corrected chi connectivity index (χ1v) is 12.7. The van der Waals surface area contributed by atoms with Crippen molar-refractivity contribution in [1.29, 1.82) is 5.26 Å². The molecule has 1 aliphatic heterocycles. The Labute approximate surface area is 220 Å². The lowest BCUT2D eigenvalue weighted by Gasteiger charge is -2.33. The minimum absolute atomic E-state index is 0.123. The number of pyridine rings is 2. The van der Waals surface area contributed by atoms with Crippen LogP contribution >= 0.6 is 11.6 Å². The van der Waals surface area contributed by atoms with E-state index in [1.54, 1.807) is 18.5 Å². The van der Waals surface area contributed by atoms with E-state index in [1.807, 2.05) is 28.8 Å². The van der Waals surface area contributed by atoms with Crippen molar-refractivity contribution in [2.24, 2.45) is 5.41 Å². The molecule has 0 unspecified atom stereocenters. The summed E-state index contributed by atoms with van der Waals surface area (Å²) in [5.74, 6) is 2.87. The van der Waals surface area contributed by atoms with Gasteiger partial charge < -0.3 is 15.5 Å². The Morgan fingerprint density at radius 3 is 2.62 bits per heavy atom. The summed E-state index contributed by atoms with van der Waals surface area (Å²) in [7, 11) is 0. The van der Waals surface area contributed by atoms with E-state index in [2.05, 4.69) is 67.5 Å². The van der Waals surface area contributed by atoms with Crippen molar-refractivity contribution in [3.8, 4) is 6.07 Å². The van der Waals surface area contributed by atoms with Gasteiger partial charge in [0.15, 0.2) is 11.5 Å². The second-order valence-corrected chi connectivity index (χ2v) is 10.8. The van der Waals surface area contributed by atoms with Crippen molar-refractivity contribution >= 4 is 40.5 Å². The summed E-state index contributed by atoms with van der Waals surface area (Å²) in [5, 5.41) is 24.9. The lowest BCUT2D eigenvalue weighted by molar-refractivity contribution is 0.399.